The van der Waals surface area contributed by atoms with Gasteiger partial charge in [0.2, 0.25) is 0 Å². The molecular weight excluding hydrogens is 481 g/mol. The van der Waals surface area contributed by atoms with Crippen LogP contribution in [-0.2, 0) is 4.74 Å². The van der Waals surface area contributed by atoms with Crippen LogP contribution in [0.3, 0.4) is 0 Å². The lowest BCUT2D eigenvalue weighted by Crippen LogP contribution is -2.48. The molecule has 1 aromatic rings. The van der Waals surface area contributed by atoms with Crippen molar-refractivity contribution >= 4 is 35.6 Å². The lowest BCUT2D eigenvalue weighted by molar-refractivity contribution is -0.0179. The summed E-state index contributed by atoms with van der Waals surface area (Å²) in [6.07, 6.45) is 1.000. The van der Waals surface area contributed by atoms with Gasteiger partial charge in [-0.1, -0.05) is 18.2 Å². The Morgan fingerprint density at radius 3 is 2.59 bits per heavy atom. The Hall–Kier alpha value is -1.10. The largest absolute Gasteiger partial charge is 0.387 e. The van der Waals surface area contributed by atoms with Gasteiger partial charge in [-0.3, -0.25) is 9.89 Å². The maximum absolute atomic E-state index is 10.7. The van der Waals surface area contributed by atoms with Crippen LogP contribution in [0.4, 0.5) is 5.69 Å². The second-order valence-electron chi connectivity index (χ2n) is 7.62. The summed E-state index contributed by atoms with van der Waals surface area (Å²) < 4.78 is 5.37. The van der Waals surface area contributed by atoms with E-state index in [-0.39, 0.29) is 24.0 Å². The topological polar surface area (TPSA) is 72.4 Å². The number of β-amino-alcohol motifs (C(OH)–C–C–N with tert-alkyl or cyclic N) is 1. The molecular formula is C21H38IN5O2. The molecule has 3 N–H and O–H groups in total. The first-order valence-electron chi connectivity index (χ1n) is 10.3. The summed E-state index contributed by atoms with van der Waals surface area (Å²) in [6.45, 7) is 10.7. The van der Waals surface area contributed by atoms with Crippen molar-refractivity contribution < 1.29 is 9.84 Å². The van der Waals surface area contributed by atoms with E-state index >= 15 is 0 Å². The number of para-hydroxylation sites is 1. The van der Waals surface area contributed by atoms with Crippen molar-refractivity contribution in [2.45, 2.75) is 25.9 Å². The number of nitrogens with zero attached hydrogens (tertiary/aromatic N) is 3. The fraction of sp³-hybridized carbons (Fsp3) is 0.667. The van der Waals surface area contributed by atoms with Gasteiger partial charge in [-0.2, -0.15) is 0 Å². The van der Waals surface area contributed by atoms with Crippen LogP contribution >= 0.6 is 24.0 Å². The number of halogens is 1. The van der Waals surface area contributed by atoms with E-state index in [1.54, 1.807) is 0 Å². The number of aliphatic imine (C=N–C) groups is 1. The van der Waals surface area contributed by atoms with Crippen molar-refractivity contribution in [3.63, 3.8) is 0 Å². The van der Waals surface area contributed by atoms with Crippen molar-refractivity contribution in [1.29, 1.82) is 0 Å². The van der Waals surface area contributed by atoms with Crippen LogP contribution in [0.2, 0.25) is 0 Å². The first-order chi connectivity index (χ1) is 13.5. The normalized spacial score (nSPS) is 17.2. The van der Waals surface area contributed by atoms with Gasteiger partial charge in [-0.25, -0.2) is 0 Å². The minimum atomic E-state index is -0.854. The van der Waals surface area contributed by atoms with Crippen molar-refractivity contribution in [1.82, 2.24) is 15.5 Å². The Kier molecular flexibility index (Phi) is 12.5. The van der Waals surface area contributed by atoms with Crippen molar-refractivity contribution in [3.05, 3.63) is 30.3 Å². The van der Waals surface area contributed by atoms with Crippen LogP contribution in [0.25, 0.3) is 0 Å². The molecule has 1 saturated heterocycles. The molecule has 0 aromatic heterocycles. The van der Waals surface area contributed by atoms with Gasteiger partial charge in [0.15, 0.2) is 5.96 Å². The number of benzene rings is 1. The number of hydrogen-bond acceptors (Lipinski definition) is 5. The third-order valence-corrected chi connectivity index (χ3v) is 4.75. The molecule has 1 heterocycles. The van der Waals surface area contributed by atoms with Gasteiger partial charge in [0, 0.05) is 52.0 Å². The van der Waals surface area contributed by atoms with Gasteiger partial charge in [0.1, 0.15) is 0 Å². The molecule has 7 nitrogen and oxygen atoms in total. The highest BCUT2D eigenvalue weighted by molar-refractivity contribution is 14.0. The molecule has 0 amide bonds. The molecule has 0 spiro atoms. The lowest BCUT2D eigenvalue weighted by Gasteiger charge is -2.33. The van der Waals surface area contributed by atoms with E-state index in [4.69, 9.17) is 4.74 Å². The summed E-state index contributed by atoms with van der Waals surface area (Å²) in [4.78, 5) is 9.08. The van der Waals surface area contributed by atoms with E-state index in [2.05, 4.69) is 56.7 Å². The number of hydrogen-bond donors (Lipinski definition) is 3. The number of rotatable bonds is 10. The number of morpholine rings is 1. The predicted molar refractivity (Wildman–Crippen MR) is 132 cm³/mol. The first-order valence-corrected chi connectivity index (χ1v) is 10.3. The average molecular weight is 519 g/mol. The van der Waals surface area contributed by atoms with E-state index in [9.17, 15) is 5.11 Å². The Balaban J connectivity index is 0.00000420. The molecule has 0 saturated carbocycles. The lowest BCUT2D eigenvalue weighted by atomic mass is 10.1. The molecule has 0 radical (unpaired) electrons. The Morgan fingerprint density at radius 2 is 1.93 bits per heavy atom. The van der Waals surface area contributed by atoms with Gasteiger partial charge < -0.3 is 25.4 Å². The molecule has 1 aromatic carbocycles. The molecule has 1 aliphatic rings. The third kappa shape index (κ3) is 10.5. The maximum atomic E-state index is 10.7. The minimum Gasteiger partial charge on any atom is -0.387 e. The second-order valence-corrected chi connectivity index (χ2v) is 7.62. The van der Waals surface area contributed by atoms with Gasteiger partial charge >= 0.3 is 0 Å². The quantitative estimate of drug-likeness (QED) is 0.190. The van der Waals surface area contributed by atoms with Gasteiger partial charge in [-0.15, -0.1) is 24.0 Å². The molecule has 1 atom stereocenters. The van der Waals surface area contributed by atoms with Crippen molar-refractivity contribution in [2.75, 3.05) is 71.0 Å². The van der Waals surface area contributed by atoms with Gasteiger partial charge in [-0.05, 0) is 32.4 Å². The standard InChI is InChI=1S/C21H37N5O2.HI/c1-4-22-20(23-11-8-12-25(3)19-9-6-5-7-10-19)24-17-21(2,27)18-26-13-15-28-16-14-26;/h5-7,9-10,27H,4,8,11-18H2,1-3H3,(H2,22,23,24);1H. The Labute approximate surface area is 192 Å². The predicted octanol–water partition coefficient (Wildman–Crippen LogP) is 1.77. The average Bonchev–Trinajstić information content (AvgIpc) is 2.70. The third-order valence-electron chi connectivity index (χ3n) is 4.75. The van der Waals surface area contributed by atoms with Crippen LogP contribution in [0.15, 0.2) is 35.3 Å². The Morgan fingerprint density at radius 1 is 1.24 bits per heavy atom. The van der Waals surface area contributed by atoms with Gasteiger partial charge in [0.25, 0.3) is 0 Å². The zero-order valence-electron chi connectivity index (χ0n) is 18.1. The van der Waals surface area contributed by atoms with Crippen LogP contribution in [0, 0.1) is 0 Å². The molecule has 8 heteroatoms. The summed E-state index contributed by atoms with van der Waals surface area (Å²) in [5, 5.41) is 17.3. The number of ether oxygens (including phenoxy) is 1. The van der Waals surface area contributed by atoms with E-state index < -0.39 is 5.60 Å². The molecule has 1 fully saturated rings. The summed E-state index contributed by atoms with van der Waals surface area (Å²) >= 11 is 0. The highest BCUT2D eigenvalue weighted by Gasteiger charge is 2.25. The maximum Gasteiger partial charge on any atom is 0.191 e. The fourth-order valence-corrected chi connectivity index (χ4v) is 3.22. The molecule has 29 heavy (non-hydrogen) atoms. The van der Waals surface area contributed by atoms with Crippen molar-refractivity contribution in [3.8, 4) is 0 Å². The molecule has 1 aliphatic heterocycles. The monoisotopic (exact) mass is 519 g/mol. The summed E-state index contributed by atoms with van der Waals surface area (Å²) in [5.41, 5.74) is 0.370. The summed E-state index contributed by atoms with van der Waals surface area (Å²) in [6, 6.07) is 10.4. The van der Waals surface area contributed by atoms with E-state index in [0.29, 0.717) is 13.1 Å². The van der Waals surface area contributed by atoms with E-state index in [1.807, 2.05) is 19.9 Å². The summed E-state index contributed by atoms with van der Waals surface area (Å²) in [5.74, 6) is 0.757. The SMILES string of the molecule is CCNC(=NCC(C)(O)CN1CCOCC1)NCCCN(C)c1ccccc1.I. The number of anilines is 1. The minimum absolute atomic E-state index is 0. The molecule has 0 bridgehead atoms. The molecule has 1 unspecified atom stereocenters. The molecule has 0 aliphatic carbocycles. The van der Waals surface area contributed by atoms with Crippen molar-refractivity contribution in [2.24, 2.45) is 4.99 Å². The fourth-order valence-electron chi connectivity index (χ4n) is 3.22. The number of aliphatic hydroxyl groups is 1. The molecule has 2 rings (SSSR count). The van der Waals surface area contributed by atoms with Crippen LogP contribution in [0.5, 0.6) is 0 Å². The zero-order valence-corrected chi connectivity index (χ0v) is 20.4. The van der Waals surface area contributed by atoms with Crippen LogP contribution in [0.1, 0.15) is 20.3 Å². The van der Waals surface area contributed by atoms with Crippen LogP contribution in [-0.4, -0.2) is 87.6 Å². The summed E-state index contributed by atoms with van der Waals surface area (Å²) in [7, 11) is 2.11. The number of guanidine groups is 1. The highest BCUT2D eigenvalue weighted by Crippen LogP contribution is 2.11. The van der Waals surface area contributed by atoms with E-state index in [1.165, 1.54) is 5.69 Å². The van der Waals surface area contributed by atoms with Gasteiger partial charge in [0.05, 0.1) is 25.4 Å². The Bertz CT molecular complexity index is 580. The highest BCUT2D eigenvalue weighted by atomic mass is 127. The smallest absolute Gasteiger partial charge is 0.191 e. The first kappa shape index (κ1) is 25.9. The number of nitrogens with one attached hydrogen (secondary N) is 2. The zero-order chi connectivity index (χ0) is 20.2. The van der Waals surface area contributed by atoms with E-state index in [0.717, 1.165) is 58.3 Å². The second kappa shape index (κ2) is 14.0. The molecule has 166 valence electrons. The van der Waals surface area contributed by atoms with Crippen LogP contribution < -0.4 is 15.5 Å².